The average Bonchev–Trinajstić information content (AvgIpc) is 2.91. The molecule has 37 heavy (non-hydrogen) atoms. The second-order valence-electron chi connectivity index (χ2n) is 9.92. The Morgan fingerprint density at radius 3 is 1.11 bits per heavy atom. The van der Waals surface area contributed by atoms with E-state index in [1.54, 1.807) is 0 Å². The number of nitrogens with zero attached hydrogens (tertiary/aromatic N) is 2. The van der Waals surface area contributed by atoms with E-state index in [4.69, 9.17) is 10.2 Å². The first-order valence-corrected chi connectivity index (χ1v) is 18.9. The number of aromatic nitrogens is 2. The van der Waals surface area contributed by atoms with Gasteiger partial charge in [0.25, 0.3) is 0 Å². The van der Waals surface area contributed by atoms with Crippen molar-refractivity contribution in [1.82, 2.24) is 9.97 Å². The van der Waals surface area contributed by atoms with E-state index in [9.17, 15) is 0 Å². The molecule has 0 spiro atoms. The van der Waals surface area contributed by atoms with Crippen molar-refractivity contribution in [2.75, 3.05) is 14.2 Å². The SMILES string of the molecule is CO.CO.C[Si](C)(C)c1ccc(-c2[c-]cccc2)nc1.C[Si](C)(C)c1ccc(-c2[c-]cccc2)nc1.[Ir+3]. The average molecular weight is 709 g/mol. The van der Waals surface area contributed by atoms with E-state index < -0.39 is 16.1 Å². The van der Waals surface area contributed by atoms with Crippen LogP contribution >= 0.6 is 0 Å². The Balaban J connectivity index is 0.000000603. The minimum Gasteiger partial charge on any atom is -0.400 e. The summed E-state index contributed by atoms with van der Waals surface area (Å²) in [4.78, 5) is 9.04. The summed E-state index contributed by atoms with van der Waals surface area (Å²) in [5.74, 6) is 0. The quantitative estimate of drug-likeness (QED) is 0.220. The largest absolute Gasteiger partial charge is 3.00 e. The van der Waals surface area contributed by atoms with Crippen LogP contribution in [0.4, 0.5) is 0 Å². The van der Waals surface area contributed by atoms with Crippen molar-refractivity contribution >= 4 is 26.5 Å². The molecule has 2 aromatic heterocycles. The van der Waals surface area contributed by atoms with Crippen LogP contribution in [0.5, 0.6) is 0 Å². The smallest absolute Gasteiger partial charge is 0.400 e. The summed E-state index contributed by atoms with van der Waals surface area (Å²) in [6, 6.07) is 30.9. The Labute approximate surface area is 239 Å². The van der Waals surface area contributed by atoms with E-state index in [1.165, 1.54) is 10.4 Å². The van der Waals surface area contributed by atoms with Gasteiger partial charge in [0.2, 0.25) is 0 Å². The summed E-state index contributed by atoms with van der Waals surface area (Å²) in [6.45, 7) is 14.0. The summed E-state index contributed by atoms with van der Waals surface area (Å²) in [5.41, 5.74) is 4.12. The number of hydrogen-bond donors (Lipinski definition) is 2. The molecule has 198 valence electrons. The molecule has 0 unspecified atom stereocenters. The maximum atomic E-state index is 7.00. The van der Waals surface area contributed by atoms with Gasteiger partial charge in [0, 0.05) is 26.6 Å². The third kappa shape index (κ3) is 11.8. The molecule has 0 aliphatic carbocycles. The van der Waals surface area contributed by atoms with E-state index in [0.717, 1.165) is 36.7 Å². The van der Waals surface area contributed by atoms with Crippen LogP contribution in [-0.2, 0) is 20.1 Å². The number of aliphatic hydroxyl groups excluding tert-OH is 2. The zero-order valence-electron chi connectivity index (χ0n) is 23.2. The molecule has 0 aliphatic heterocycles. The predicted octanol–water partition coefficient (Wildman–Crippen LogP) is 5.40. The van der Waals surface area contributed by atoms with Crippen molar-refractivity contribution in [3.05, 3.63) is 97.3 Å². The van der Waals surface area contributed by atoms with Crippen LogP contribution in [0.1, 0.15) is 0 Å². The van der Waals surface area contributed by atoms with Crippen molar-refractivity contribution < 1.29 is 30.3 Å². The van der Waals surface area contributed by atoms with Gasteiger partial charge in [-0.05, 0) is 21.8 Å². The van der Waals surface area contributed by atoms with Gasteiger partial charge in [-0.25, -0.2) is 0 Å². The van der Waals surface area contributed by atoms with Crippen molar-refractivity contribution in [3.8, 4) is 22.5 Å². The fraction of sp³-hybridized carbons (Fsp3) is 0.267. The van der Waals surface area contributed by atoms with Gasteiger partial charge >= 0.3 is 20.1 Å². The molecule has 2 aromatic carbocycles. The molecule has 0 aliphatic rings. The molecule has 4 nitrogen and oxygen atoms in total. The molecule has 0 amide bonds. The maximum absolute atomic E-state index is 7.00. The standard InChI is InChI=1S/2C14H16NSi.2CH4O.Ir/c2*1-16(2,3)13-9-10-14(15-11-13)12-7-5-4-6-8-12;2*1-2;/h2*4-7,9-11H,1-3H3;2*2H,1H3;/q2*-1;;;+3. The van der Waals surface area contributed by atoms with Gasteiger partial charge in [-0.2, -0.15) is 0 Å². The number of aliphatic hydroxyl groups is 2. The van der Waals surface area contributed by atoms with Gasteiger partial charge < -0.3 is 20.2 Å². The normalized spacial score (nSPS) is 10.2. The molecule has 0 saturated heterocycles. The molecule has 2 N–H and O–H groups in total. The van der Waals surface area contributed by atoms with Crippen molar-refractivity contribution in [2.45, 2.75) is 39.3 Å². The van der Waals surface area contributed by atoms with E-state index in [-0.39, 0.29) is 20.1 Å². The molecule has 7 heteroatoms. The van der Waals surface area contributed by atoms with Crippen LogP contribution < -0.4 is 10.4 Å². The fourth-order valence-electron chi connectivity index (χ4n) is 3.10. The summed E-state index contributed by atoms with van der Waals surface area (Å²) in [5, 5.41) is 16.8. The summed E-state index contributed by atoms with van der Waals surface area (Å²) < 4.78 is 0. The molecule has 4 rings (SSSR count). The first kappa shape index (κ1) is 34.7. The molecular formula is C30H40IrN2O2Si2+. The molecule has 0 atom stereocenters. The Kier molecular flexibility index (Phi) is 16.2. The Morgan fingerprint density at radius 1 is 0.541 bits per heavy atom. The minimum atomic E-state index is -1.23. The summed E-state index contributed by atoms with van der Waals surface area (Å²) in [7, 11) is -0.460. The van der Waals surface area contributed by atoms with Crippen molar-refractivity contribution in [2.24, 2.45) is 0 Å². The molecule has 0 saturated carbocycles. The number of hydrogen-bond acceptors (Lipinski definition) is 4. The number of rotatable bonds is 4. The monoisotopic (exact) mass is 709 g/mol. The molecule has 4 aromatic rings. The molecular weight excluding hydrogens is 669 g/mol. The van der Waals surface area contributed by atoms with Crippen LogP contribution in [0.25, 0.3) is 22.5 Å². The Hall–Kier alpha value is -2.26. The van der Waals surface area contributed by atoms with Crippen LogP contribution in [0, 0.1) is 12.1 Å². The van der Waals surface area contributed by atoms with E-state index in [2.05, 4.69) is 85.6 Å². The second-order valence-corrected chi connectivity index (χ2v) is 20.1. The van der Waals surface area contributed by atoms with Gasteiger partial charge in [0.05, 0.1) is 16.1 Å². The predicted molar refractivity (Wildman–Crippen MR) is 159 cm³/mol. The van der Waals surface area contributed by atoms with Gasteiger partial charge in [-0.3, -0.25) is 0 Å². The third-order valence-electron chi connectivity index (χ3n) is 5.23. The zero-order valence-corrected chi connectivity index (χ0v) is 27.6. The van der Waals surface area contributed by atoms with Crippen LogP contribution in [0.2, 0.25) is 39.3 Å². The van der Waals surface area contributed by atoms with E-state index >= 15 is 0 Å². The van der Waals surface area contributed by atoms with Crippen LogP contribution in [0.3, 0.4) is 0 Å². The van der Waals surface area contributed by atoms with Gasteiger partial charge in [0.15, 0.2) is 0 Å². The summed E-state index contributed by atoms with van der Waals surface area (Å²) >= 11 is 0. The Morgan fingerprint density at radius 2 is 0.892 bits per heavy atom. The van der Waals surface area contributed by atoms with Gasteiger partial charge in [0.1, 0.15) is 0 Å². The second kappa shape index (κ2) is 17.3. The first-order chi connectivity index (χ1) is 17.1. The zero-order chi connectivity index (χ0) is 27.2. The molecule has 0 fully saturated rings. The topological polar surface area (TPSA) is 66.2 Å². The van der Waals surface area contributed by atoms with Crippen LogP contribution in [-0.4, -0.2) is 50.5 Å². The fourth-order valence-corrected chi connectivity index (χ4v) is 5.17. The molecule has 2 heterocycles. The van der Waals surface area contributed by atoms with Crippen molar-refractivity contribution in [3.63, 3.8) is 0 Å². The third-order valence-corrected chi connectivity index (χ3v) is 9.28. The van der Waals surface area contributed by atoms with E-state index in [1.807, 2.05) is 60.9 Å². The van der Waals surface area contributed by atoms with Crippen LogP contribution in [0.15, 0.2) is 85.2 Å². The summed E-state index contributed by atoms with van der Waals surface area (Å²) in [6.07, 6.45) is 4.03. The Bertz CT molecular complexity index is 1020. The van der Waals surface area contributed by atoms with Gasteiger partial charge in [-0.1, -0.05) is 63.5 Å². The maximum Gasteiger partial charge on any atom is 3.00 e. The molecule has 0 bridgehead atoms. The number of benzene rings is 2. The first-order valence-electron chi connectivity index (χ1n) is 11.9. The minimum absolute atomic E-state index is 0. The van der Waals surface area contributed by atoms with E-state index in [0.29, 0.717) is 0 Å². The van der Waals surface area contributed by atoms with Crippen molar-refractivity contribution in [1.29, 1.82) is 0 Å². The number of pyridine rings is 2. The molecule has 0 radical (unpaired) electrons. The van der Waals surface area contributed by atoms with Gasteiger partial charge in [-0.15, -0.1) is 71.8 Å².